The van der Waals surface area contributed by atoms with Gasteiger partial charge in [0.25, 0.3) is 0 Å². The van der Waals surface area contributed by atoms with Gasteiger partial charge in [0.15, 0.2) is 5.69 Å². The summed E-state index contributed by atoms with van der Waals surface area (Å²) in [7, 11) is 5.62. The van der Waals surface area contributed by atoms with E-state index in [0.717, 1.165) is 5.56 Å². The summed E-state index contributed by atoms with van der Waals surface area (Å²) in [5, 5.41) is 9.92. The molecule has 0 fully saturated rings. The number of aromatic nitrogens is 2. The average molecular weight is 271 g/mol. The van der Waals surface area contributed by atoms with Crippen LogP contribution in [0.2, 0.25) is 0 Å². The van der Waals surface area contributed by atoms with Crippen molar-refractivity contribution in [3.8, 4) is 11.3 Å². The molecule has 1 amide bonds. The number of benzene rings is 1. The first-order chi connectivity index (χ1) is 9.35. The molecule has 0 bridgehead atoms. The first-order valence-corrected chi connectivity index (χ1v) is 6.03. The maximum atomic E-state index is 11.7. The van der Waals surface area contributed by atoms with E-state index in [0.29, 0.717) is 11.2 Å². The summed E-state index contributed by atoms with van der Waals surface area (Å²) in [5.74, 6) is 0.198. The highest BCUT2D eigenvalue weighted by atomic mass is 16.6. The van der Waals surface area contributed by atoms with Crippen molar-refractivity contribution < 1.29 is 14.2 Å². The van der Waals surface area contributed by atoms with E-state index in [1.54, 1.807) is 45.0 Å². The van der Waals surface area contributed by atoms with Gasteiger partial charge in [-0.15, -0.1) is 0 Å². The lowest BCUT2D eigenvalue weighted by molar-refractivity contribution is 0.0634. The van der Waals surface area contributed by atoms with Gasteiger partial charge in [0, 0.05) is 5.56 Å². The summed E-state index contributed by atoms with van der Waals surface area (Å²) < 4.78 is 9.80. The van der Waals surface area contributed by atoms with E-state index in [4.69, 9.17) is 12.6 Å². The zero-order chi connectivity index (χ0) is 14.8. The Morgan fingerprint density at radius 1 is 1.25 bits per heavy atom. The Bertz CT molecular complexity index is 602. The molecule has 0 saturated heterocycles. The van der Waals surface area contributed by atoms with Gasteiger partial charge in [-0.2, -0.15) is 0 Å². The van der Waals surface area contributed by atoms with Crippen molar-refractivity contribution in [3.05, 3.63) is 24.3 Å². The number of amides is 1. The summed E-state index contributed by atoms with van der Waals surface area (Å²) in [6, 6.07) is 6.97. The van der Waals surface area contributed by atoms with E-state index in [2.05, 4.69) is 20.3 Å². The second-order valence-corrected chi connectivity index (χ2v) is 5.21. The van der Waals surface area contributed by atoms with Crippen molar-refractivity contribution in [1.29, 1.82) is 0 Å². The highest BCUT2D eigenvalue weighted by Crippen LogP contribution is 2.23. The molecule has 2 aromatic rings. The minimum absolute atomic E-state index is 0.198. The molecule has 0 atom stereocenters. The summed E-state index contributed by atoms with van der Waals surface area (Å²) in [6.07, 6.45) is -0.620. The smallest absolute Gasteiger partial charge is 0.413 e. The monoisotopic (exact) mass is 271 g/mol. The lowest BCUT2D eigenvalue weighted by Gasteiger charge is -2.19. The topological polar surface area (TPSA) is 77.3 Å². The average Bonchev–Trinajstić information content (AvgIpc) is 2.75. The molecule has 1 N–H and O–H groups in total. The minimum atomic E-state index is -0.620. The maximum Gasteiger partial charge on any atom is 0.413 e. The normalized spacial score (nSPS) is 11.2. The summed E-state index contributed by atoms with van der Waals surface area (Å²) in [6.45, 7) is 5.32. The molecule has 102 valence electrons. The molecule has 0 spiro atoms. The molecule has 0 aliphatic heterocycles. The van der Waals surface area contributed by atoms with Crippen molar-refractivity contribution in [3.63, 3.8) is 0 Å². The zero-order valence-electron chi connectivity index (χ0n) is 11.5. The number of hydrogen-bond donors (Lipinski definition) is 1. The molecule has 0 aliphatic carbocycles. The zero-order valence-corrected chi connectivity index (χ0v) is 11.5. The SMILES string of the molecule is [B]c1ccc(-c2nonc2NC(=O)OC(C)(C)C)cc1. The fourth-order valence-corrected chi connectivity index (χ4v) is 1.50. The Morgan fingerprint density at radius 3 is 2.50 bits per heavy atom. The molecule has 6 nitrogen and oxygen atoms in total. The van der Waals surface area contributed by atoms with Crippen LogP contribution >= 0.6 is 0 Å². The molecule has 1 aromatic heterocycles. The lowest BCUT2D eigenvalue weighted by Crippen LogP contribution is -2.27. The van der Waals surface area contributed by atoms with Crippen molar-refractivity contribution in [2.45, 2.75) is 26.4 Å². The van der Waals surface area contributed by atoms with Crippen LogP contribution in [0.1, 0.15) is 20.8 Å². The van der Waals surface area contributed by atoms with Crippen LogP contribution in [0.25, 0.3) is 11.3 Å². The molecule has 1 aromatic carbocycles. The minimum Gasteiger partial charge on any atom is -0.444 e. The molecule has 0 unspecified atom stereocenters. The van der Waals surface area contributed by atoms with Crippen molar-refractivity contribution in [2.24, 2.45) is 0 Å². The number of carbonyl (C=O) groups is 1. The number of carbonyl (C=O) groups excluding carboxylic acids is 1. The molecule has 20 heavy (non-hydrogen) atoms. The molecular weight excluding hydrogens is 257 g/mol. The van der Waals surface area contributed by atoms with Crippen LogP contribution in [-0.2, 0) is 4.74 Å². The maximum absolute atomic E-state index is 11.7. The van der Waals surface area contributed by atoms with Gasteiger partial charge in [-0.1, -0.05) is 29.7 Å². The molecule has 0 aliphatic rings. The van der Waals surface area contributed by atoms with Gasteiger partial charge in [-0.25, -0.2) is 9.42 Å². The number of hydrogen-bond acceptors (Lipinski definition) is 5. The Morgan fingerprint density at radius 2 is 1.90 bits per heavy atom. The second-order valence-electron chi connectivity index (χ2n) is 5.21. The third kappa shape index (κ3) is 3.60. The standard InChI is InChI=1S/C13H14BN3O3/c1-13(2,3)19-12(18)15-11-10(16-20-17-11)8-4-6-9(14)7-5-8/h4-7H,1-3H3,(H,15,17,18). The molecule has 0 saturated carbocycles. The van der Waals surface area contributed by atoms with E-state index in [1.165, 1.54) is 0 Å². The number of anilines is 1. The Labute approximate surface area is 117 Å². The Kier molecular flexibility index (Phi) is 3.78. The van der Waals surface area contributed by atoms with Crippen LogP contribution in [0.15, 0.2) is 28.9 Å². The molecular formula is C13H14BN3O3. The molecule has 2 radical (unpaired) electrons. The summed E-state index contributed by atoms with van der Waals surface area (Å²) >= 11 is 0. The van der Waals surface area contributed by atoms with Gasteiger partial charge >= 0.3 is 6.09 Å². The first-order valence-electron chi connectivity index (χ1n) is 6.03. The number of nitrogens with one attached hydrogen (secondary N) is 1. The van der Waals surface area contributed by atoms with Crippen molar-refractivity contribution >= 4 is 25.2 Å². The number of nitrogens with zero attached hydrogens (tertiary/aromatic N) is 2. The van der Waals surface area contributed by atoms with E-state index in [9.17, 15) is 4.79 Å². The van der Waals surface area contributed by atoms with Gasteiger partial charge in [-0.05, 0) is 31.1 Å². The van der Waals surface area contributed by atoms with Gasteiger partial charge in [0.2, 0.25) is 5.82 Å². The van der Waals surface area contributed by atoms with Gasteiger partial charge in [-0.3, -0.25) is 5.32 Å². The van der Waals surface area contributed by atoms with Crippen LogP contribution in [0.3, 0.4) is 0 Å². The largest absolute Gasteiger partial charge is 0.444 e. The number of rotatable bonds is 2. The highest BCUT2D eigenvalue weighted by Gasteiger charge is 2.20. The summed E-state index contributed by atoms with van der Waals surface area (Å²) in [4.78, 5) is 11.7. The van der Waals surface area contributed by atoms with Crippen LogP contribution < -0.4 is 10.8 Å². The van der Waals surface area contributed by atoms with Crippen molar-refractivity contribution in [2.75, 3.05) is 5.32 Å². The molecule has 1 heterocycles. The van der Waals surface area contributed by atoms with E-state index < -0.39 is 11.7 Å². The Balaban J connectivity index is 2.17. The van der Waals surface area contributed by atoms with Gasteiger partial charge in [0.05, 0.1) is 0 Å². The van der Waals surface area contributed by atoms with Gasteiger partial charge < -0.3 is 4.74 Å². The third-order valence-corrected chi connectivity index (χ3v) is 2.29. The fourth-order valence-electron chi connectivity index (χ4n) is 1.50. The highest BCUT2D eigenvalue weighted by molar-refractivity contribution is 6.32. The van der Waals surface area contributed by atoms with E-state index >= 15 is 0 Å². The molecule has 7 heteroatoms. The van der Waals surface area contributed by atoms with Crippen molar-refractivity contribution in [1.82, 2.24) is 10.3 Å². The van der Waals surface area contributed by atoms with Gasteiger partial charge in [0.1, 0.15) is 13.4 Å². The lowest BCUT2D eigenvalue weighted by atomic mass is 9.95. The second kappa shape index (κ2) is 5.36. The predicted octanol–water partition coefficient (Wildman–Crippen LogP) is 1.88. The Hall–Kier alpha value is -2.31. The van der Waals surface area contributed by atoms with Crippen LogP contribution in [0.5, 0.6) is 0 Å². The van der Waals surface area contributed by atoms with Crippen LogP contribution in [-0.4, -0.2) is 29.9 Å². The van der Waals surface area contributed by atoms with E-state index in [1.807, 2.05) is 0 Å². The fraction of sp³-hybridized carbons (Fsp3) is 0.308. The molecule has 2 rings (SSSR count). The van der Waals surface area contributed by atoms with Crippen LogP contribution in [0, 0.1) is 0 Å². The predicted molar refractivity (Wildman–Crippen MR) is 75.0 cm³/mol. The summed E-state index contributed by atoms with van der Waals surface area (Å²) in [5.41, 5.74) is 1.18. The number of ether oxygens (including phenoxy) is 1. The third-order valence-electron chi connectivity index (χ3n) is 2.29. The quantitative estimate of drug-likeness (QED) is 0.844. The first kappa shape index (κ1) is 14.1. The van der Waals surface area contributed by atoms with E-state index in [-0.39, 0.29) is 5.82 Å². The van der Waals surface area contributed by atoms with Crippen LogP contribution in [0.4, 0.5) is 10.6 Å².